The molecule has 0 saturated carbocycles. The van der Waals surface area contributed by atoms with E-state index in [-0.39, 0.29) is 22.8 Å². The lowest BCUT2D eigenvalue weighted by Crippen LogP contribution is -2.30. The molecule has 0 saturated heterocycles. The van der Waals surface area contributed by atoms with Gasteiger partial charge in [0.1, 0.15) is 5.75 Å². The maximum atomic E-state index is 12.2. The van der Waals surface area contributed by atoms with E-state index in [2.05, 4.69) is 15.3 Å². The van der Waals surface area contributed by atoms with Crippen LogP contribution in [-0.4, -0.2) is 40.0 Å². The third kappa shape index (κ3) is 4.50. The molecule has 1 atom stereocenters. The number of non-ortho nitro benzene ring substituents is 1. The van der Waals surface area contributed by atoms with Gasteiger partial charge in [-0.1, -0.05) is 0 Å². The molecule has 0 aliphatic heterocycles. The van der Waals surface area contributed by atoms with E-state index in [1.165, 1.54) is 38.6 Å². The van der Waals surface area contributed by atoms with E-state index in [0.29, 0.717) is 5.69 Å². The van der Waals surface area contributed by atoms with Crippen molar-refractivity contribution >= 4 is 23.3 Å². The fraction of sp³-hybridized carbons (Fsp3) is 0.250. The number of aryl methyl sites for hydroxylation is 1. The van der Waals surface area contributed by atoms with Crippen LogP contribution in [0, 0.1) is 17.0 Å². The van der Waals surface area contributed by atoms with Crippen molar-refractivity contribution in [2.45, 2.75) is 20.0 Å². The molecule has 10 heteroatoms. The van der Waals surface area contributed by atoms with E-state index in [9.17, 15) is 19.7 Å². The van der Waals surface area contributed by atoms with Crippen molar-refractivity contribution in [1.82, 2.24) is 9.97 Å². The summed E-state index contributed by atoms with van der Waals surface area (Å²) < 4.78 is 10.1. The molecule has 0 unspecified atom stereocenters. The number of carbonyl (C=O) groups excluding carboxylic acids is 2. The number of amides is 1. The fourth-order valence-electron chi connectivity index (χ4n) is 1.91. The second kappa shape index (κ2) is 8.01. The van der Waals surface area contributed by atoms with Gasteiger partial charge in [0.2, 0.25) is 0 Å². The minimum atomic E-state index is -1.17. The zero-order chi connectivity index (χ0) is 19.3. The summed E-state index contributed by atoms with van der Waals surface area (Å²) in [6.07, 6.45) is 1.47. The van der Waals surface area contributed by atoms with E-state index in [1.54, 1.807) is 6.92 Å². The number of aromatic nitrogens is 2. The second-order valence-electron chi connectivity index (χ2n) is 5.22. The first kappa shape index (κ1) is 18.8. The summed E-state index contributed by atoms with van der Waals surface area (Å²) in [5.74, 6) is -1.27. The largest absolute Gasteiger partial charge is 0.495 e. The molecule has 1 N–H and O–H groups in total. The number of nitro benzene ring substituents is 1. The molecule has 2 aromatic rings. The highest BCUT2D eigenvalue weighted by atomic mass is 16.6. The van der Waals surface area contributed by atoms with Gasteiger partial charge in [0, 0.05) is 18.3 Å². The summed E-state index contributed by atoms with van der Waals surface area (Å²) in [5, 5.41) is 13.3. The van der Waals surface area contributed by atoms with E-state index in [1.807, 2.05) is 0 Å². The molecular formula is C16H16N4O6. The number of nitrogens with zero attached hydrogens (tertiary/aromatic N) is 3. The number of benzene rings is 1. The minimum Gasteiger partial charge on any atom is -0.495 e. The number of ether oxygens (including phenoxy) is 2. The van der Waals surface area contributed by atoms with Crippen molar-refractivity contribution in [1.29, 1.82) is 0 Å². The zero-order valence-electron chi connectivity index (χ0n) is 14.3. The van der Waals surface area contributed by atoms with Crippen LogP contribution in [0.4, 0.5) is 11.4 Å². The predicted octanol–water partition coefficient (Wildman–Crippen LogP) is 1.89. The van der Waals surface area contributed by atoms with Gasteiger partial charge in [0.05, 0.1) is 29.6 Å². The first-order valence-corrected chi connectivity index (χ1v) is 7.44. The summed E-state index contributed by atoms with van der Waals surface area (Å²) >= 11 is 0. The Hall–Kier alpha value is -3.56. The van der Waals surface area contributed by atoms with Crippen molar-refractivity contribution in [3.05, 3.63) is 52.1 Å². The van der Waals surface area contributed by atoms with Crippen LogP contribution in [0.1, 0.15) is 23.1 Å². The standard InChI is InChI=1S/C16H16N4O6/c1-9-7-18-13(8-17-9)16(22)26-10(2)15(21)19-12-6-11(20(23)24)4-5-14(12)25-3/h4-8,10H,1-3H3,(H,19,21)/t10-/m1/s1. The van der Waals surface area contributed by atoms with E-state index < -0.39 is 22.9 Å². The minimum absolute atomic E-state index is 0.0387. The highest BCUT2D eigenvalue weighted by Gasteiger charge is 2.22. The number of methoxy groups -OCH3 is 1. The number of anilines is 1. The summed E-state index contributed by atoms with van der Waals surface area (Å²) in [6, 6.07) is 3.75. The predicted molar refractivity (Wildman–Crippen MR) is 89.9 cm³/mol. The zero-order valence-corrected chi connectivity index (χ0v) is 14.3. The van der Waals surface area contributed by atoms with Gasteiger partial charge in [0.25, 0.3) is 11.6 Å². The van der Waals surface area contributed by atoms with Crippen LogP contribution in [0.25, 0.3) is 0 Å². The average Bonchev–Trinajstić information content (AvgIpc) is 2.61. The highest BCUT2D eigenvalue weighted by molar-refractivity contribution is 5.98. The lowest BCUT2D eigenvalue weighted by Gasteiger charge is -2.14. The van der Waals surface area contributed by atoms with Crippen molar-refractivity contribution in [3.8, 4) is 5.75 Å². The Balaban J connectivity index is 2.09. The van der Waals surface area contributed by atoms with Crippen molar-refractivity contribution in [2.24, 2.45) is 0 Å². The molecular weight excluding hydrogens is 344 g/mol. The van der Waals surface area contributed by atoms with Crippen LogP contribution in [0.3, 0.4) is 0 Å². The molecule has 0 spiro atoms. The monoisotopic (exact) mass is 360 g/mol. The molecule has 0 fully saturated rings. The van der Waals surface area contributed by atoms with E-state index in [0.717, 1.165) is 6.07 Å². The quantitative estimate of drug-likeness (QED) is 0.469. The van der Waals surface area contributed by atoms with Gasteiger partial charge in [-0.2, -0.15) is 0 Å². The first-order valence-electron chi connectivity index (χ1n) is 7.44. The molecule has 136 valence electrons. The van der Waals surface area contributed by atoms with Gasteiger partial charge in [-0.3, -0.25) is 19.9 Å². The maximum Gasteiger partial charge on any atom is 0.359 e. The first-order chi connectivity index (χ1) is 12.3. The summed E-state index contributed by atoms with van der Waals surface area (Å²) in [4.78, 5) is 42.3. The third-order valence-corrected chi connectivity index (χ3v) is 3.29. The van der Waals surface area contributed by atoms with Gasteiger partial charge < -0.3 is 14.8 Å². The third-order valence-electron chi connectivity index (χ3n) is 3.29. The van der Waals surface area contributed by atoms with Crippen LogP contribution >= 0.6 is 0 Å². The Labute approximate surface area is 148 Å². The summed E-state index contributed by atoms with van der Waals surface area (Å²) in [5.41, 5.74) is 0.457. The molecule has 0 radical (unpaired) electrons. The average molecular weight is 360 g/mol. The fourth-order valence-corrected chi connectivity index (χ4v) is 1.91. The SMILES string of the molecule is COc1ccc([N+](=O)[O-])cc1NC(=O)[C@@H](C)OC(=O)c1cnc(C)cn1. The second-order valence-corrected chi connectivity index (χ2v) is 5.22. The Morgan fingerprint density at radius 2 is 2.00 bits per heavy atom. The number of hydrogen-bond donors (Lipinski definition) is 1. The normalized spacial score (nSPS) is 11.3. The summed E-state index contributed by atoms with van der Waals surface area (Å²) in [6.45, 7) is 3.07. The molecule has 2 rings (SSSR count). The summed E-state index contributed by atoms with van der Waals surface area (Å²) in [7, 11) is 1.36. The lowest BCUT2D eigenvalue weighted by molar-refractivity contribution is -0.384. The number of rotatable bonds is 6. The lowest BCUT2D eigenvalue weighted by atomic mass is 10.2. The van der Waals surface area contributed by atoms with Gasteiger partial charge in [0.15, 0.2) is 11.8 Å². The Bertz CT molecular complexity index is 837. The van der Waals surface area contributed by atoms with Gasteiger partial charge in [-0.05, 0) is 19.9 Å². The van der Waals surface area contributed by atoms with Crippen LogP contribution in [0.2, 0.25) is 0 Å². The Kier molecular flexibility index (Phi) is 5.78. The highest BCUT2D eigenvalue weighted by Crippen LogP contribution is 2.29. The molecule has 1 aromatic carbocycles. The van der Waals surface area contributed by atoms with Crippen molar-refractivity contribution in [3.63, 3.8) is 0 Å². The number of carbonyl (C=O) groups is 2. The Morgan fingerprint density at radius 1 is 1.27 bits per heavy atom. The molecule has 0 aliphatic carbocycles. The number of hydrogen-bond acceptors (Lipinski definition) is 8. The number of nitrogens with one attached hydrogen (secondary N) is 1. The molecule has 0 bridgehead atoms. The van der Waals surface area contributed by atoms with Crippen molar-refractivity contribution < 1.29 is 24.0 Å². The smallest absolute Gasteiger partial charge is 0.359 e. The Morgan fingerprint density at radius 3 is 2.58 bits per heavy atom. The van der Waals surface area contributed by atoms with E-state index in [4.69, 9.17) is 9.47 Å². The molecule has 1 amide bonds. The molecule has 1 aromatic heterocycles. The van der Waals surface area contributed by atoms with Crippen LogP contribution in [0.5, 0.6) is 5.75 Å². The van der Waals surface area contributed by atoms with Crippen LogP contribution in [0.15, 0.2) is 30.6 Å². The number of nitro groups is 1. The van der Waals surface area contributed by atoms with Crippen molar-refractivity contribution in [2.75, 3.05) is 12.4 Å². The van der Waals surface area contributed by atoms with Gasteiger partial charge in [-0.15, -0.1) is 0 Å². The topological polar surface area (TPSA) is 134 Å². The van der Waals surface area contributed by atoms with Crippen LogP contribution < -0.4 is 10.1 Å². The van der Waals surface area contributed by atoms with Gasteiger partial charge >= 0.3 is 5.97 Å². The van der Waals surface area contributed by atoms with Gasteiger partial charge in [-0.25, -0.2) is 9.78 Å². The number of esters is 1. The van der Waals surface area contributed by atoms with Crippen LogP contribution in [-0.2, 0) is 9.53 Å². The molecule has 1 heterocycles. The maximum absolute atomic E-state index is 12.2. The molecule has 0 aliphatic rings. The van der Waals surface area contributed by atoms with E-state index >= 15 is 0 Å². The molecule has 26 heavy (non-hydrogen) atoms. The molecule has 10 nitrogen and oxygen atoms in total.